The largest absolute Gasteiger partial charge is 0.271 e. The molecule has 1 aliphatic rings. The van der Waals surface area contributed by atoms with Gasteiger partial charge in [0.05, 0.1) is 9.95 Å². The maximum Gasteiger partial charge on any atom is 0.271 e. The van der Waals surface area contributed by atoms with E-state index in [0.29, 0.717) is 13.1 Å². The molecule has 0 spiro atoms. The van der Waals surface area contributed by atoms with Crippen LogP contribution in [0, 0.1) is 10.1 Å². The molecule has 1 heterocycles. The fourth-order valence-electron chi connectivity index (χ4n) is 2.06. The maximum absolute atomic E-state index is 12.4. The summed E-state index contributed by atoms with van der Waals surface area (Å²) in [6, 6.07) is 3.42. The third-order valence-electron chi connectivity index (χ3n) is 3.06. The highest BCUT2D eigenvalue weighted by atomic mass is 35.5. The average Bonchev–Trinajstić information content (AvgIpc) is 2.39. The molecule has 2 rings (SSSR count). The van der Waals surface area contributed by atoms with Crippen LogP contribution in [0.4, 0.5) is 5.69 Å². The molecule has 0 bridgehead atoms. The van der Waals surface area contributed by atoms with E-state index in [1.165, 1.54) is 10.4 Å². The number of piperidine rings is 1. The van der Waals surface area contributed by atoms with Gasteiger partial charge in [0.15, 0.2) is 0 Å². The van der Waals surface area contributed by atoms with Crippen molar-refractivity contribution in [1.82, 2.24) is 4.31 Å². The first-order valence-electron chi connectivity index (χ1n) is 5.87. The predicted molar refractivity (Wildman–Crippen MR) is 70.7 cm³/mol. The van der Waals surface area contributed by atoms with E-state index in [1.807, 2.05) is 0 Å². The highest BCUT2D eigenvalue weighted by Crippen LogP contribution is 2.29. The van der Waals surface area contributed by atoms with Crippen LogP contribution in [0.2, 0.25) is 5.02 Å². The third kappa shape index (κ3) is 2.88. The Kier molecular flexibility index (Phi) is 4.07. The molecule has 0 saturated carbocycles. The number of rotatable bonds is 3. The van der Waals surface area contributed by atoms with Gasteiger partial charge in [0.1, 0.15) is 4.90 Å². The van der Waals surface area contributed by atoms with Gasteiger partial charge in [0.25, 0.3) is 5.69 Å². The molecule has 8 heteroatoms. The maximum atomic E-state index is 12.4. The molecule has 0 radical (unpaired) electrons. The highest BCUT2D eigenvalue weighted by molar-refractivity contribution is 7.89. The molecule has 0 N–H and O–H groups in total. The zero-order valence-corrected chi connectivity index (χ0v) is 11.7. The van der Waals surface area contributed by atoms with Gasteiger partial charge in [-0.05, 0) is 18.9 Å². The van der Waals surface area contributed by atoms with Crippen LogP contribution in [-0.2, 0) is 10.0 Å². The second-order valence-corrected chi connectivity index (χ2v) is 6.65. The topological polar surface area (TPSA) is 80.5 Å². The molecule has 1 aromatic carbocycles. The number of nitrogens with zero attached hydrogens (tertiary/aromatic N) is 2. The van der Waals surface area contributed by atoms with Gasteiger partial charge in [0.2, 0.25) is 10.0 Å². The Morgan fingerprint density at radius 3 is 2.37 bits per heavy atom. The van der Waals surface area contributed by atoms with Gasteiger partial charge in [-0.1, -0.05) is 18.0 Å². The first-order chi connectivity index (χ1) is 8.93. The number of nitro benzene ring substituents is 1. The minimum atomic E-state index is -3.66. The normalized spacial score (nSPS) is 17.3. The number of halogens is 1. The molecular weight excluding hydrogens is 292 g/mol. The van der Waals surface area contributed by atoms with E-state index in [4.69, 9.17) is 11.6 Å². The van der Waals surface area contributed by atoms with Crippen molar-refractivity contribution in [2.24, 2.45) is 0 Å². The van der Waals surface area contributed by atoms with Crippen molar-refractivity contribution in [2.45, 2.75) is 24.2 Å². The lowest BCUT2D eigenvalue weighted by Crippen LogP contribution is -2.35. The van der Waals surface area contributed by atoms with Crippen LogP contribution in [0.1, 0.15) is 19.3 Å². The van der Waals surface area contributed by atoms with Crippen molar-refractivity contribution in [3.8, 4) is 0 Å². The Labute approximate surface area is 116 Å². The zero-order valence-electron chi connectivity index (χ0n) is 10.1. The Morgan fingerprint density at radius 1 is 1.21 bits per heavy atom. The number of non-ortho nitro benzene ring substituents is 1. The third-order valence-corrected chi connectivity index (χ3v) is 5.44. The Bertz CT molecular complexity index is 597. The van der Waals surface area contributed by atoms with E-state index in [0.717, 1.165) is 31.4 Å². The summed E-state index contributed by atoms with van der Waals surface area (Å²) in [7, 11) is -3.66. The summed E-state index contributed by atoms with van der Waals surface area (Å²) in [6.07, 6.45) is 2.66. The van der Waals surface area contributed by atoms with Gasteiger partial charge < -0.3 is 0 Å². The summed E-state index contributed by atoms with van der Waals surface area (Å²) in [5.41, 5.74) is -0.220. The molecule has 0 amide bonds. The van der Waals surface area contributed by atoms with E-state index in [1.54, 1.807) is 0 Å². The Morgan fingerprint density at radius 2 is 1.84 bits per heavy atom. The molecule has 0 aliphatic carbocycles. The molecule has 1 aromatic rings. The average molecular weight is 305 g/mol. The van der Waals surface area contributed by atoms with Gasteiger partial charge in [-0.15, -0.1) is 0 Å². The minimum absolute atomic E-state index is 0.0679. The summed E-state index contributed by atoms with van der Waals surface area (Å²) in [6.45, 7) is 0.936. The van der Waals surface area contributed by atoms with Gasteiger partial charge >= 0.3 is 0 Å². The van der Waals surface area contributed by atoms with E-state index < -0.39 is 14.9 Å². The molecule has 6 nitrogen and oxygen atoms in total. The summed E-state index contributed by atoms with van der Waals surface area (Å²) in [5.74, 6) is 0. The molecule has 1 saturated heterocycles. The Balaban J connectivity index is 2.37. The SMILES string of the molecule is O=[N+]([O-])c1ccc(S(=O)(=O)N2CCCCC2)c(Cl)c1. The summed E-state index contributed by atoms with van der Waals surface area (Å²) in [5, 5.41) is 10.5. The summed E-state index contributed by atoms with van der Waals surface area (Å²) >= 11 is 5.87. The van der Waals surface area contributed by atoms with E-state index in [2.05, 4.69) is 0 Å². The minimum Gasteiger partial charge on any atom is -0.258 e. The quantitative estimate of drug-likeness (QED) is 0.634. The lowest BCUT2D eigenvalue weighted by atomic mass is 10.2. The number of hydrogen-bond acceptors (Lipinski definition) is 4. The first kappa shape index (κ1) is 14.2. The van der Waals surface area contributed by atoms with Gasteiger partial charge in [-0.3, -0.25) is 10.1 Å². The second-order valence-electron chi connectivity index (χ2n) is 4.34. The standard InChI is InChI=1S/C11H13ClN2O4S/c12-10-8-9(14(15)16)4-5-11(10)19(17,18)13-6-2-1-3-7-13/h4-5,8H,1-3,6-7H2. The number of nitro groups is 1. The van der Waals surface area contributed by atoms with Crippen molar-refractivity contribution >= 4 is 27.3 Å². The van der Waals surface area contributed by atoms with E-state index in [-0.39, 0.29) is 15.6 Å². The van der Waals surface area contributed by atoms with Gasteiger partial charge in [-0.2, -0.15) is 4.31 Å². The molecule has 0 atom stereocenters. The van der Waals surface area contributed by atoms with Crippen LogP contribution in [0.5, 0.6) is 0 Å². The number of benzene rings is 1. The molecule has 19 heavy (non-hydrogen) atoms. The van der Waals surface area contributed by atoms with Crippen LogP contribution in [-0.4, -0.2) is 30.7 Å². The Hall–Kier alpha value is -1.18. The van der Waals surface area contributed by atoms with Crippen molar-refractivity contribution in [1.29, 1.82) is 0 Å². The van der Waals surface area contributed by atoms with Crippen LogP contribution in [0.25, 0.3) is 0 Å². The predicted octanol–water partition coefficient (Wildman–Crippen LogP) is 2.42. The van der Waals surface area contributed by atoms with Crippen LogP contribution >= 0.6 is 11.6 Å². The monoisotopic (exact) mass is 304 g/mol. The van der Waals surface area contributed by atoms with Gasteiger partial charge in [-0.25, -0.2) is 8.42 Å². The van der Waals surface area contributed by atoms with E-state index in [9.17, 15) is 18.5 Å². The summed E-state index contributed by atoms with van der Waals surface area (Å²) < 4.78 is 26.1. The van der Waals surface area contributed by atoms with Crippen LogP contribution < -0.4 is 0 Å². The number of sulfonamides is 1. The van der Waals surface area contributed by atoms with Gasteiger partial charge in [0, 0.05) is 25.2 Å². The van der Waals surface area contributed by atoms with Crippen LogP contribution in [0.15, 0.2) is 23.1 Å². The fraction of sp³-hybridized carbons (Fsp3) is 0.455. The van der Waals surface area contributed by atoms with Crippen molar-refractivity contribution in [2.75, 3.05) is 13.1 Å². The molecular formula is C11H13ClN2O4S. The van der Waals surface area contributed by atoms with E-state index >= 15 is 0 Å². The first-order valence-corrected chi connectivity index (χ1v) is 7.69. The molecule has 1 aliphatic heterocycles. The molecule has 0 unspecified atom stereocenters. The smallest absolute Gasteiger partial charge is 0.258 e. The van der Waals surface area contributed by atoms with Crippen molar-refractivity contribution in [3.05, 3.63) is 33.3 Å². The van der Waals surface area contributed by atoms with Crippen LogP contribution in [0.3, 0.4) is 0 Å². The summed E-state index contributed by atoms with van der Waals surface area (Å²) in [4.78, 5) is 9.93. The lowest BCUT2D eigenvalue weighted by molar-refractivity contribution is -0.384. The zero-order chi connectivity index (χ0) is 14.0. The lowest BCUT2D eigenvalue weighted by Gasteiger charge is -2.26. The van der Waals surface area contributed by atoms with Crippen molar-refractivity contribution < 1.29 is 13.3 Å². The molecule has 104 valence electrons. The highest BCUT2D eigenvalue weighted by Gasteiger charge is 2.28. The number of hydrogen-bond donors (Lipinski definition) is 0. The van der Waals surface area contributed by atoms with Crippen molar-refractivity contribution in [3.63, 3.8) is 0 Å². The fourth-order valence-corrected chi connectivity index (χ4v) is 4.09. The second kappa shape index (κ2) is 5.44. The molecule has 0 aromatic heterocycles. The molecule has 1 fully saturated rings.